The standard InChI is InChI=1S/C12H25OPS/c1-4-7-9-14(13,10-8-5-2)11-12-15-6-3/h11-12H,4-10H2,1-3H3/b12-11+. The van der Waals surface area contributed by atoms with Crippen LogP contribution in [0.25, 0.3) is 0 Å². The van der Waals surface area contributed by atoms with Crippen LogP contribution < -0.4 is 0 Å². The first-order valence-corrected chi connectivity index (χ1v) is 9.25. The van der Waals surface area contributed by atoms with Crippen molar-refractivity contribution < 1.29 is 4.57 Å². The zero-order valence-corrected chi connectivity index (χ0v) is 12.1. The fourth-order valence-electron chi connectivity index (χ4n) is 1.36. The molecule has 0 bridgehead atoms. The van der Waals surface area contributed by atoms with Gasteiger partial charge in [0.15, 0.2) is 0 Å². The lowest BCUT2D eigenvalue weighted by Gasteiger charge is -2.13. The highest BCUT2D eigenvalue weighted by Crippen LogP contribution is 2.49. The minimum absolute atomic E-state index is 0.907. The predicted molar refractivity (Wildman–Crippen MR) is 74.4 cm³/mol. The minimum Gasteiger partial charge on any atom is -0.319 e. The van der Waals surface area contributed by atoms with Gasteiger partial charge in [0.05, 0.1) is 0 Å². The van der Waals surface area contributed by atoms with Crippen molar-refractivity contribution in [2.75, 3.05) is 18.1 Å². The first kappa shape index (κ1) is 15.3. The van der Waals surface area contributed by atoms with Crippen molar-refractivity contribution in [1.82, 2.24) is 0 Å². The van der Waals surface area contributed by atoms with E-state index in [2.05, 4.69) is 20.8 Å². The van der Waals surface area contributed by atoms with Crippen molar-refractivity contribution in [2.24, 2.45) is 0 Å². The Morgan fingerprint density at radius 1 is 1.07 bits per heavy atom. The second-order valence-electron chi connectivity index (χ2n) is 3.85. The Balaban J connectivity index is 4.19. The van der Waals surface area contributed by atoms with Crippen LogP contribution in [0.4, 0.5) is 0 Å². The van der Waals surface area contributed by atoms with Gasteiger partial charge < -0.3 is 4.57 Å². The maximum absolute atomic E-state index is 12.5. The zero-order chi connectivity index (χ0) is 11.6. The van der Waals surface area contributed by atoms with Crippen molar-refractivity contribution in [1.29, 1.82) is 0 Å². The highest BCUT2D eigenvalue weighted by Gasteiger charge is 2.16. The van der Waals surface area contributed by atoms with Gasteiger partial charge >= 0.3 is 0 Å². The lowest BCUT2D eigenvalue weighted by atomic mass is 10.4. The second kappa shape index (κ2) is 9.54. The lowest BCUT2D eigenvalue weighted by Crippen LogP contribution is -1.93. The molecule has 0 aromatic rings. The maximum Gasteiger partial charge on any atom is 0.109 e. The van der Waals surface area contributed by atoms with E-state index in [0.717, 1.165) is 43.8 Å². The Morgan fingerprint density at radius 2 is 1.60 bits per heavy atom. The van der Waals surface area contributed by atoms with Gasteiger partial charge in [-0.3, -0.25) is 0 Å². The Bertz CT molecular complexity index is 202. The van der Waals surface area contributed by atoms with Crippen molar-refractivity contribution in [3.63, 3.8) is 0 Å². The topological polar surface area (TPSA) is 17.1 Å². The van der Waals surface area contributed by atoms with E-state index < -0.39 is 7.14 Å². The molecule has 3 heteroatoms. The van der Waals surface area contributed by atoms with Crippen LogP contribution in [0, 0.1) is 0 Å². The summed E-state index contributed by atoms with van der Waals surface area (Å²) >= 11 is 1.75. The average Bonchev–Trinajstić information content (AvgIpc) is 2.24. The Labute approximate surface area is 99.5 Å². The molecule has 0 unspecified atom stereocenters. The molecule has 15 heavy (non-hydrogen) atoms. The summed E-state index contributed by atoms with van der Waals surface area (Å²) in [6, 6.07) is 0. The van der Waals surface area contributed by atoms with Crippen LogP contribution in [-0.4, -0.2) is 18.1 Å². The normalized spacial score (nSPS) is 12.5. The zero-order valence-electron chi connectivity index (χ0n) is 10.4. The average molecular weight is 248 g/mol. The van der Waals surface area contributed by atoms with Crippen molar-refractivity contribution in [3.8, 4) is 0 Å². The molecule has 0 aliphatic rings. The van der Waals surface area contributed by atoms with Gasteiger partial charge in [-0.1, -0.05) is 33.6 Å². The molecule has 0 spiro atoms. The van der Waals surface area contributed by atoms with Crippen molar-refractivity contribution in [3.05, 3.63) is 11.2 Å². The van der Waals surface area contributed by atoms with Crippen molar-refractivity contribution in [2.45, 2.75) is 46.5 Å². The van der Waals surface area contributed by atoms with Gasteiger partial charge in [-0.2, -0.15) is 0 Å². The molecular formula is C12H25OPS. The van der Waals surface area contributed by atoms with Crippen LogP contribution in [0.15, 0.2) is 11.2 Å². The van der Waals surface area contributed by atoms with Gasteiger partial charge in [0, 0.05) is 12.3 Å². The lowest BCUT2D eigenvalue weighted by molar-refractivity contribution is 0.576. The molecular weight excluding hydrogens is 223 g/mol. The molecule has 0 aliphatic heterocycles. The fourth-order valence-corrected chi connectivity index (χ4v) is 5.01. The van der Waals surface area contributed by atoms with Gasteiger partial charge in [-0.15, -0.1) is 11.8 Å². The predicted octanol–water partition coefficient (Wildman–Crippen LogP) is 5.17. The van der Waals surface area contributed by atoms with E-state index in [4.69, 9.17) is 0 Å². The molecule has 0 heterocycles. The van der Waals surface area contributed by atoms with E-state index in [1.54, 1.807) is 11.8 Å². The third-order valence-corrected chi connectivity index (χ3v) is 6.08. The smallest absolute Gasteiger partial charge is 0.109 e. The minimum atomic E-state index is -1.98. The SMILES string of the molecule is CCCCP(=O)(/C=C/SCC)CCCC. The third kappa shape index (κ3) is 8.16. The van der Waals surface area contributed by atoms with E-state index in [1.807, 2.05) is 11.2 Å². The summed E-state index contributed by atoms with van der Waals surface area (Å²) in [5.41, 5.74) is 0. The fraction of sp³-hybridized carbons (Fsp3) is 0.833. The Kier molecular flexibility index (Phi) is 9.74. The summed E-state index contributed by atoms with van der Waals surface area (Å²) in [6.07, 6.45) is 6.30. The highest BCUT2D eigenvalue weighted by atomic mass is 32.2. The third-order valence-electron chi connectivity index (χ3n) is 2.38. The molecule has 0 amide bonds. The van der Waals surface area contributed by atoms with Crippen molar-refractivity contribution >= 4 is 18.9 Å². The molecule has 0 aromatic carbocycles. The van der Waals surface area contributed by atoms with E-state index in [1.165, 1.54) is 0 Å². The van der Waals surface area contributed by atoms with Crippen LogP contribution in [0.3, 0.4) is 0 Å². The number of thioether (sulfide) groups is 1. The molecule has 0 aliphatic carbocycles. The number of rotatable bonds is 9. The molecule has 0 rings (SSSR count). The largest absolute Gasteiger partial charge is 0.319 e. The molecule has 1 nitrogen and oxygen atoms in total. The van der Waals surface area contributed by atoms with Gasteiger partial charge in [-0.25, -0.2) is 0 Å². The molecule has 0 saturated heterocycles. The Morgan fingerprint density at radius 3 is 2.00 bits per heavy atom. The van der Waals surface area contributed by atoms with Crippen LogP contribution in [0.5, 0.6) is 0 Å². The molecule has 0 saturated carbocycles. The summed E-state index contributed by atoms with van der Waals surface area (Å²) < 4.78 is 12.5. The second-order valence-corrected chi connectivity index (χ2v) is 8.13. The quantitative estimate of drug-likeness (QED) is 0.523. The first-order valence-electron chi connectivity index (χ1n) is 6.05. The van der Waals surface area contributed by atoms with Gasteiger partial charge in [0.1, 0.15) is 7.14 Å². The van der Waals surface area contributed by atoms with Gasteiger partial charge in [0.25, 0.3) is 0 Å². The molecule has 0 fully saturated rings. The summed E-state index contributed by atoms with van der Waals surface area (Å²) in [4.78, 5) is 0. The van der Waals surface area contributed by atoms with Crippen LogP contribution >= 0.6 is 18.9 Å². The van der Waals surface area contributed by atoms with Crippen LogP contribution in [-0.2, 0) is 4.57 Å². The molecule has 0 radical (unpaired) electrons. The molecule has 0 atom stereocenters. The number of unbranched alkanes of at least 4 members (excludes halogenated alkanes) is 2. The van der Waals surface area contributed by atoms with E-state index in [9.17, 15) is 4.57 Å². The first-order chi connectivity index (χ1) is 7.18. The van der Waals surface area contributed by atoms with Gasteiger partial charge in [0.2, 0.25) is 0 Å². The number of hydrogen-bond acceptors (Lipinski definition) is 2. The maximum atomic E-state index is 12.5. The Hall–Kier alpha value is 0.320. The van der Waals surface area contributed by atoms with Crippen LogP contribution in [0.2, 0.25) is 0 Å². The molecule has 0 aromatic heterocycles. The van der Waals surface area contributed by atoms with Crippen LogP contribution in [0.1, 0.15) is 46.5 Å². The monoisotopic (exact) mass is 248 g/mol. The number of hydrogen-bond donors (Lipinski definition) is 0. The highest BCUT2D eigenvalue weighted by molar-refractivity contribution is 8.02. The van der Waals surface area contributed by atoms with E-state index >= 15 is 0 Å². The van der Waals surface area contributed by atoms with E-state index in [-0.39, 0.29) is 0 Å². The summed E-state index contributed by atoms with van der Waals surface area (Å²) in [7, 11) is -1.98. The summed E-state index contributed by atoms with van der Waals surface area (Å²) in [5, 5.41) is 2.05. The molecule has 0 N–H and O–H groups in total. The summed E-state index contributed by atoms with van der Waals surface area (Å²) in [6.45, 7) is 6.45. The molecule has 90 valence electrons. The van der Waals surface area contributed by atoms with E-state index in [0.29, 0.717) is 0 Å². The summed E-state index contributed by atoms with van der Waals surface area (Å²) in [5.74, 6) is 3.07. The van der Waals surface area contributed by atoms with Gasteiger partial charge in [-0.05, 0) is 29.8 Å².